The minimum Gasteiger partial charge on any atom is -0.432 e. The highest BCUT2D eigenvalue weighted by Crippen LogP contribution is 2.31. The molecule has 2 aromatic rings. The minimum absolute atomic E-state index is 0.0939. The fraction of sp³-hybridized carbons (Fsp3) is 0.214. The molecule has 1 unspecified atom stereocenters. The maximum atomic E-state index is 11.0. The number of aryl methyl sites for hydroxylation is 1. The lowest BCUT2D eigenvalue weighted by Gasteiger charge is -2.09. The van der Waals surface area contributed by atoms with Crippen LogP contribution in [0.25, 0.3) is 0 Å². The number of pyridine rings is 1. The lowest BCUT2D eigenvalue weighted by atomic mass is 10.1. The summed E-state index contributed by atoms with van der Waals surface area (Å²) in [4.78, 5) is 14.5. The Bertz CT molecular complexity index is 641. The van der Waals surface area contributed by atoms with Crippen molar-refractivity contribution < 1.29 is 9.66 Å². The summed E-state index contributed by atoms with van der Waals surface area (Å²) in [5.41, 5.74) is 7.41. The number of nitrogens with two attached hydrogens (primary N) is 1. The number of aromatic nitrogens is 1. The van der Waals surface area contributed by atoms with Crippen LogP contribution in [0.3, 0.4) is 0 Å². The van der Waals surface area contributed by atoms with Crippen molar-refractivity contribution in [3.05, 3.63) is 57.8 Å². The first-order valence-electron chi connectivity index (χ1n) is 6.12. The van der Waals surface area contributed by atoms with Crippen molar-refractivity contribution in [3.63, 3.8) is 0 Å². The Morgan fingerprint density at radius 1 is 1.35 bits per heavy atom. The molecule has 1 atom stereocenters. The molecular formula is C14H15N3O3. The fourth-order valence-electron chi connectivity index (χ4n) is 1.73. The molecule has 0 radical (unpaired) electrons. The number of ether oxygens (including phenoxy) is 1. The Hall–Kier alpha value is -2.47. The Morgan fingerprint density at radius 2 is 2.10 bits per heavy atom. The summed E-state index contributed by atoms with van der Waals surface area (Å²) >= 11 is 0. The molecule has 0 fully saturated rings. The zero-order valence-corrected chi connectivity index (χ0v) is 11.2. The summed E-state index contributed by atoms with van der Waals surface area (Å²) in [5, 5.41) is 11.0. The molecule has 0 saturated carbocycles. The van der Waals surface area contributed by atoms with Gasteiger partial charge in [-0.15, -0.1) is 0 Å². The van der Waals surface area contributed by atoms with E-state index in [1.54, 1.807) is 30.5 Å². The average Bonchev–Trinajstić information content (AvgIpc) is 2.38. The van der Waals surface area contributed by atoms with Gasteiger partial charge in [-0.25, -0.2) is 4.98 Å². The van der Waals surface area contributed by atoms with Gasteiger partial charge in [0.15, 0.2) is 0 Å². The highest BCUT2D eigenvalue weighted by molar-refractivity contribution is 5.49. The van der Waals surface area contributed by atoms with Gasteiger partial charge in [-0.1, -0.05) is 6.07 Å². The van der Waals surface area contributed by atoms with Crippen molar-refractivity contribution >= 4 is 5.69 Å². The van der Waals surface area contributed by atoms with E-state index in [1.807, 2.05) is 13.8 Å². The fourth-order valence-corrected chi connectivity index (χ4v) is 1.73. The smallest absolute Gasteiger partial charge is 0.311 e. The molecule has 2 N–H and O–H groups in total. The second kappa shape index (κ2) is 5.66. The summed E-state index contributed by atoms with van der Waals surface area (Å²) in [6, 6.07) is 7.99. The van der Waals surface area contributed by atoms with Gasteiger partial charge in [-0.3, -0.25) is 10.1 Å². The third kappa shape index (κ3) is 3.10. The Morgan fingerprint density at radius 3 is 2.75 bits per heavy atom. The van der Waals surface area contributed by atoms with E-state index in [1.165, 1.54) is 6.07 Å². The van der Waals surface area contributed by atoms with E-state index in [0.29, 0.717) is 0 Å². The molecule has 0 bridgehead atoms. The summed E-state index contributed by atoms with van der Waals surface area (Å²) in [6.07, 6.45) is 1.57. The van der Waals surface area contributed by atoms with E-state index in [2.05, 4.69) is 4.98 Å². The van der Waals surface area contributed by atoms with Gasteiger partial charge in [0.1, 0.15) is 0 Å². The summed E-state index contributed by atoms with van der Waals surface area (Å²) < 4.78 is 5.53. The number of nitro benzene ring substituents is 1. The molecule has 0 aliphatic heterocycles. The van der Waals surface area contributed by atoms with Crippen LogP contribution in [0.15, 0.2) is 36.5 Å². The molecule has 0 amide bonds. The van der Waals surface area contributed by atoms with Gasteiger partial charge in [0.05, 0.1) is 4.92 Å². The van der Waals surface area contributed by atoms with Gasteiger partial charge in [-0.2, -0.15) is 0 Å². The number of nitrogens with zero attached hydrogens (tertiary/aromatic N) is 2. The van der Waals surface area contributed by atoms with Crippen LogP contribution in [-0.2, 0) is 0 Å². The van der Waals surface area contributed by atoms with Crippen LogP contribution in [0.2, 0.25) is 0 Å². The summed E-state index contributed by atoms with van der Waals surface area (Å²) in [7, 11) is 0. The molecule has 2 rings (SSSR count). The molecule has 20 heavy (non-hydrogen) atoms. The molecule has 6 nitrogen and oxygen atoms in total. The first kappa shape index (κ1) is 14.0. The van der Waals surface area contributed by atoms with Gasteiger partial charge in [-0.05, 0) is 37.1 Å². The van der Waals surface area contributed by atoms with E-state index in [9.17, 15) is 10.1 Å². The normalized spacial score (nSPS) is 11.9. The Balaban J connectivity index is 2.36. The van der Waals surface area contributed by atoms with Gasteiger partial charge >= 0.3 is 5.69 Å². The lowest BCUT2D eigenvalue weighted by molar-refractivity contribution is -0.385. The quantitative estimate of drug-likeness (QED) is 0.682. The molecule has 0 saturated heterocycles. The molecule has 6 heteroatoms. The zero-order valence-electron chi connectivity index (χ0n) is 11.2. The Labute approximate surface area is 116 Å². The van der Waals surface area contributed by atoms with E-state index in [4.69, 9.17) is 10.5 Å². The van der Waals surface area contributed by atoms with Crippen LogP contribution < -0.4 is 10.5 Å². The molecule has 0 aliphatic carbocycles. The number of benzene rings is 1. The molecule has 1 aromatic carbocycles. The number of rotatable bonds is 4. The molecular weight excluding hydrogens is 258 g/mol. The van der Waals surface area contributed by atoms with Crippen molar-refractivity contribution in [3.8, 4) is 11.6 Å². The maximum Gasteiger partial charge on any atom is 0.311 e. The van der Waals surface area contributed by atoms with Crippen molar-refractivity contribution in [1.82, 2.24) is 4.98 Å². The largest absolute Gasteiger partial charge is 0.432 e. The van der Waals surface area contributed by atoms with Gasteiger partial charge in [0, 0.05) is 24.4 Å². The summed E-state index contributed by atoms with van der Waals surface area (Å²) in [6.45, 7) is 3.68. The number of nitro groups is 1. The molecule has 1 heterocycles. The third-order valence-electron chi connectivity index (χ3n) is 2.81. The predicted octanol–water partition coefficient (Wildman–Crippen LogP) is 3.11. The topological polar surface area (TPSA) is 91.3 Å². The van der Waals surface area contributed by atoms with Crippen LogP contribution in [0.5, 0.6) is 11.6 Å². The molecule has 0 spiro atoms. The molecule has 1 aromatic heterocycles. The predicted molar refractivity (Wildman–Crippen MR) is 74.7 cm³/mol. The van der Waals surface area contributed by atoms with Gasteiger partial charge in [0.25, 0.3) is 0 Å². The van der Waals surface area contributed by atoms with Crippen molar-refractivity contribution in [1.29, 1.82) is 0 Å². The van der Waals surface area contributed by atoms with Crippen molar-refractivity contribution in [2.24, 2.45) is 5.73 Å². The highest BCUT2D eigenvalue weighted by atomic mass is 16.6. The minimum atomic E-state index is -0.482. The van der Waals surface area contributed by atoms with Crippen LogP contribution in [0.1, 0.15) is 24.1 Å². The monoisotopic (exact) mass is 273 g/mol. The standard InChI is InChI=1S/C14H15N3O3/c1-9-3-4-12(17(18)19)13(7-9)20-14-8-11(10(2)15)5-6-16-14/h3-8,10H,15H2,1-2H3. The zero-order chi connectivity index (χ0) is 14.7. The highest BCUT2D eigenvalue weighted by Gasteiger charge is 2.16. The second-order valence-corrected chi connectivity index (χ2v) is 4.55. The maximum absolute atomic E-state index is 11.0. The molecule has 104 valence electrons. The summed E-state index contributed by atoms with van der Waals surface area (Å²) in [5.74, 6) is 0.456. The average molecular weight is 273 g/mol. The van der Waals surface area contributed by atoms with Crippen LogP contribution >= 0.6 is 0 Å². The molecule has 0 aliphatic rings. The van der Waals surface area contributed by atoms with Crippen LogP contribution in [0, 0.1) is 17.0 Å². The van der Waals surface area contributed by atoms with Crippen LogP contribution in [-0.4, -0.2) is 9.91 Å². The first-order valence-corrected chi connectivity index (χ1v) is 6.12. The van der Waals surface area contributed by atoms with Crippen molar-refractivity contribution in [2.45, 2.75) is 19.9 Å². The first-order chi connectivity index (χ1) is 9.47. The van der Waals surface area contributed by atoms with E-state index in [0.717, 1.165) is 11.1 Å². The van der Waals surface area contributed by atoms with Gasteiger partial charge < -0.3 is 10.5 Å². The van der Waals surface area contributed by atoms with E-state index >= 15 is 0 Å². The number of hydrogen-bond acceptors (Lipinski definition) is 5. The Kier molecular flexibility index (Phi) is 3.95. The van der Waals surface area contributed by atoms with E-state index < -0.39 is 4.92 Å². The third-order valence-corrected chi connectivity index (χ3v) is 2.81. The van der Waals surface area contributed by atoms with E-state index in [-0.39, 0.29) is 23.4 Å². The lowest BCUT2D eigenvalue weighted by Crippen LogP contribution is -2.05. The van der Waals surface area contributed by atoms with Crippen LogP contribution in [0.4, 0.5) is 5.69 Å². The number of hydrogen-bond donors (Lipinski definition) is 1. The van der Waals surface area contributed by atoms with Gasteiger partial charge in [0.2, 0.25) is 11.6 Å². The second-order valence-electron chi connectivity index (χ2n) is 4.55. The van der Waals surface area contributed by atoms with Crippen molar-refractivity contribution in [2.75, 3.05) is 0 Å². The SMILES string of the molecule is Cc1ccc([N+](=O)[O-])c(Oc2cc(C(C)N)ccn2)c1.